The number of nitrogens with zero attached hydrogens (tertiary/aromatic N) is 1. The maximum Gasteiger partial charge on any atom is 0.417 e. The summed E-state index contributed by atoms with van der Waals surface area (Å²) in [5, 5.41) is 0. The highest BCUT2D eigenvalue weighted by atomic mass is 16.5. The molecule has 0 bridgehead atoms. The average Bonchev–Trinajstić information content (AvgIpc) is 2.58. The van der Waals surface area contributed by atoms with Crippen molar-refractivity contribution in [3.05, 3.63) is 0 Å². The number of carbonyl (C=O) groups excluding carboxylic acids is 3. The van der Waals surface area contributed by atoms with Gasteiger partial charge in [0.15, 0.2) is 0 Å². The van der Waals surface area contributed by atoms with Crippen LogP contribution in [0.3, 0.4) is 0 Å². The van der Waals surface area contributed by atoms with E-state index in [1.807, 2.05) is 0 Å². The SMILES string of the molecule is COC(=O)C1CCC(=O)N1C(=O)OC. The monoisotopic (exact) mass is 201 g/mol. The zero-order chi connectivity index (χ0) is 10.7. The van der Waals surface area contributed by atoms with Crippen LogP contribution in [0.4, 0.5) is 4.79 Å². The minimum atomic E-state index is -0.833. The van der Waals surface area contributed by atoms with Gasteiger partial charge in [0.1, 0.15) is 6.04 Å². The summed E-state index contributed by atoms with van der Waals surface area (Å²) in [5.41, 5.74) is 0. The molecule has 6 heteroatoms. The van der Waals surface area contributed by atoms with Crippen LogP contribution in [0.5, 0.6) is 0 Å². The Bertz CT molecular complexity index is 275. The van der Waals surface area contributed by atoms with Crippen molar-refractivity contribution >= 4 is 18.0 Å². The molecule has 1 heterocycles. The maximum absolute atomic E-state index is 11.2. The summed E-state index contributed by atoms with van der Waals surface area (Å²) < 4.78 is 8.85. The molecule has 1 unspecified atom stereocenters. The van der Waals surface area contributed by atoms with Crippen LogP contribution in [0.25, 0.3) is 0 Å². The summed E-state index contributed by atoms with van der Waals surface area (Å²) in [7, 11) is 2.36. The summed E-state index contributed by atoms with van der Waals surface area (Å²) in [6, 6.07) is -0.833. The molecule has 14 heavy (non-hydrogen) atoms. The van der Waals surface area contributed by atoms with Crippen LogP contribution in [-0.4, -0.2) is 43.1 Å². The molecule has 0 aromatic rings. The van der Waals surface area contributed by atoms with Crippen molar-refractivity contribution in [3.63, 3.8) is 0 Å². The fourth-order valence-electron chi connectivity index (χ4n) is 1.37. The van der Waals surface area contributed by atoms with Gasteiger partial charge in [-0.05, 0) is 6.42 Å². The average molecular weight is 201 g/mol. The van der Waals surface area contributed by atoms with Crippen LogP contribution < -0.4 is 0 Å². The van der Waals surface area contributed by atoms with Crippen LogP contribution in [0.1, 0.15) is 12.8 Å². The highest BCUT2D eigenvalue weighted by Gasteiger charge is 2.41. The molecule has 6 nitrogen and oxygen atoms in total. The predicted octanol–water partition coefficient (Wildman–Crippen LogP) is -0.0832. The van der Waals surface area contributed by atoms with Crippen molar-refractivity contribution in [2.45, 2.75) is 18.9 Å². The molecule has 1 fully saturated rings. The Labute approximate surface area is 80.8 Å². The molecule has 0 aliphatic carbocycles. The third-order valence-corrected chi connectivity index (χ3v) is 2.06. The van der Waals surface area contributed by atoms with Gasteiger partial charge < -0.3 is 9.47 Å². The second-order valence-corrected chi connectivity index (χ2v) is 2.81. The van der Waals surface area contributed by atoms with Crippen molar-refractivity contribution < 1.29 is 23.9 Å². The Morgan fingerprint density at radius 1 is 1.36 bits per heavy atom. The number of imide groups is 1. The first-order chi connectivity index (χ1) is 6.61. The minimum absolute atomic E-state index is 0.162. The summed E-state index contributed by atoms with van der Waals surface area (Å²) in [5.74, 6) is -1.01. The molecule has 1 atom stereocenters. The van der Waals surface area contributed by atoms with Crippen LogP contribution in [0.2, 0.25) is 0 Å². The van der Waals surface area contributed by atoms with E-state index in [1.54, 1.807) is 0 Å². The van der Waals surface area contributed by atoms with Gasteiger partial charge in [0, 0.05) is 6.42 Å². The first-order valence-corrected chi connectivity index (χ1v) is 4.09. The predicted molar refractivity (Wildman–Crippen MR) is 44.3 cm³/mol. The Kier molecular flexibility index (Phi) is 3.06. The number of likely N-dealkylation sites (tertiary alicyclic amines) is 1. The van der Waals surface area contributed by atoms with Crippen molar-refractivity contribution in [2.24, 2.45) is 0 Å². The van der Waals surface area contributed by atoms with E-state index < -0.39 is 24.0 Å². The number of amides is 2. The van der Waals surface area contributed by atoms with Gasteiger partial charge in [0.05, 0.1) is 14.2 Å². The van der Waals surface area contributed by atoms with E-state index in [2.05, 4.69) is 9.47 Å². The van der Waals surface area contributed by atoms with Crippen LogP contribution in [-0.2, 0) is 19.1 Å². The molecule has 1 aliphatic heterocycles. The number of rotatable bonds is 1. The molecule has 1 rings (SSSR count). The van der Waals surface area contributed by atoms with E-state index in [4.69, 9.17) is 0 Å². The molecule has 78 valence electrons. The topological polar surface area (TPSA) is 72.9 Å². The number of hydrogen-bond acceptors (Lipinski definition) is 5. The standard InChI is InChI=1S/C8H11NO5/c1-13-7(11)5-3-4-6(10)9(5)8(12)14-2/h5H,3-4H2,1-2H3. The van der Waals surface area contributed by atoms with Gasteiger partial charge in [-0.25, -0.2) is 14.5 Å². The fraction of sp³-hybridized carbons (Fsp3) is 0.625. The van der Waals surface area contributed by atoms with Crippen molar-refractivity contribution in [1.82, 2.24) is 4.90 Å². The van der Waals surface area contributed by atoms with E-state index in [1.165, 1.54) is 7.11 Å². The Balaban J connectivity index is 2.81. The van der Waals surface area contributed by atoms with Gasteiger partial charge >= 0.3 is 12.1 Å². The molecule has 1 saturated heterocycles. The summed E-state index contributed by atoms with van der Waals surface area (Å²) in [6.07, 6.45) is -0.363. The quantitative estimate of drug-likeness (QED) is 0.554. The van der Waals surface area contributed by atoms with Crippen LogP contribution in [0.15, 0.2) is 0 Å². The fourth-order valence-corrected chi connectivity index (χ4v) is 1.37. The molecule has 0 radical (unpaired) electrons. The summed E-state index contributed by atoms with van der Waals surface area (Å²) in [6.45, 7) is 0. The third-order valence-electron chi connectivity index (χ3n) is 2.06. The number of ether oxygens (including phenoxy) is 2. The summed E-state index contributed by atoms with van der Waals surface area (Å²) in [4.78, 5) is 34.3. The van der Waals surface area contributed by atoms with Crippen LogP contribution >= 0.6 is 0 Å². The molecule has 0 aromatic heterocycles. The first-order valence-electron chi connectivity index (χ1n) is 4.09. The van der Waals surface area contributed by atoms with Gasteiger partial charge in [-0.3, -0.25) is 4.79 Å². The molecular weight excluding hydrogens is 190 g/mol. The lowest BCUT2D eigenvalue weighted by Gasteiger charge is -2.18. The molecule has 2 amide bonds. The van der Waals surface area contributed by atoms with E-state index in [9.17, 15) is 14.4 Å². The number of hydrogen-bond donors (Lipinski definition) is 0. The van der Waals surface area contributed by atoms with Gasteiger partial charge in [-0.15, -0.1) is 0 Å². The zero-order valence-corrected chi connectivity index (χ0v) is 7.98. The van der Waals surface area contributed by atoms with E-state index in [-0.39, 0.29) is 6.42 Å². The Morgan fingerprint density at radius 3 is 2.50 bits per heavy atom. The second kappa shape index (κ2) is 4.08. The molecule has 0 spiro atoms. The number of methoxy groups -OCH3 is 2. The lowest BCUT2D eigenvalue weighted by Crippen LogP contribution is -2.43. The summed E-state index contributed by atoms with van der Waals surface area (Å²) >= 11 is 0. The van der Waals surface area contributed by atoms with E-state index in [0.717, 1.165) is 12.0 Å². The molecule has 0 aromatic carbocycles. The Hall–Kier alpha value is -1.59. The lowest BCUT2D eigenvalue weighted by atomic mass is 10.2. The highest BCUT2D eigenvalue weighted by molar-refractivity contribution is 5.99. The van der Waals surface area contributed by atoms with Gasteiger partial charge in [-0.2, -0.15) is 0 Å². The second-order valence-electron chi connectivity index (χ2n) is 2.81. The smallest absolute Gasteiger partial charge is 0.417 e. The molecular formula is C8H11NO5. The lowest BCUT2D eigenvalue weighted by molar-refractivity contribution is -0.148. The van der Waals surface area contributed by atoms with Gasteiger partial charge in [-0.1, -0.05) is 0 Å². The Morgan fingerprint density at radius 2 is 2.00 bits per heavy atom. The molecule has 0 saturated carbocycles. The number of carbonyl (C=O) groups is 3. The maximum atomic E-state index is 11.2. The van der Waals surface area contributed by atoms with Crippen molar-refractivity contribution in [2.75, 3.05) is 14.2 Å². The van der Waals surface area contributed by atoms with Crippen molar-refractivity contribution in [3.8, 4) is 0 Å². The normalized spacial score (nSPS) is 20.9. The third kappa shape index (κ3) is 1.68. The highest BCUT2D eigenvalue weighted by Crippen LogP contribution is 2.20. The molecule has 0 N–H and O–H groups in total. The van der Waals surface area contributed by atoms with Gasteiger partial charge in [0.2, 0.25) is 5.91 Å². The first kappa shape index (κ1) is 10.5. The van der Waals surface area contributed by atoms with Gasteiger partial charge in [0.25, 0.3) is 0 Å². The van der Waals surface area contributed by atoms with Crippen molar-refractivity contribution in [1.29, 1.82) is 0 Å². The largest absolute Gasteiger partial charge is 0.467 e. The molecule has 1 aliphatic rings. The van der Waals surface area contributed by atoms with Crippen LogP contribution in [0, 0.1) is 0 Å². The number of esters is 1. The minimum Gasteiger partial charge on any atom is -0.467 e. The zero-order valence-electron chi connectivity index (χ0n) is 7.98. The van der Waals surface area contributed by atoms with E-state index >= 15 is 0 Å². The van der Waals surface area contributed by atoms with E-state index in [0.29, 0.717) is 6.42 Å².